The van der Waals surface area contributed by atoms with Gasteiger partial charge in [0.05, 0.1) is 0 Å². The molecular formula is C15H18N4. The Labute approximate surface area is 113 Å². The van der Waals surface area contributed by atoms with Crippen LogP contribution >= 0.6 is 0 Å². The number of nitrogens with one attached hydrogen (secondary N) is 1. The third kappa shape index (κ3) is 2.19. The van der Waals surface area contributed by atoms with Crippen molar-refractivity contribution < 1.29 is 0 Å². The average Bonchev–Trinajstić information content (AvgIpc) is 2.94. The number of aromatic nitrogens is 2. The molecule has 1 heterocycles. The number of fused-ring (bicyclic) bond motifs is 1. The van der Waals surface area contributed by atoms with E-state index >= 15 is 0 Å². The Morgan fingerprint density at radius 3 is 2.63 bits per heavy atom. The van der Waals surface area contributed by atoms with Gasteiger partial charge in [-0.25, -0.2) is 15.8 Å². The summed E-state index contributed by atoms with van der Waals surface area (Å²) in [4.78, 5) is 9.22. The minimum atomic E-state index is 0.760. The van der Waals surface area contributed by atoms with E-state index < -0.39 is 0 Å². The molecule has 0 aliphatic heterocycles. The molecule has 2 aromatic rings. The van der Waals surface area contributed by atoms with Gasteiger partial charge >= 0.3 is 0 Å². The number of nitrogens with zero attached hydrogens (tertiary/aromatic N) is 2. The molecule has 1 aliphatic rings. The molecule has 3 N–H and O–H groups in total. The third-order valence-corrected chi connectivity index (χ3v) is 3.69. The first kappa shape index (κ1) is 12.1. The van der Waals surface area contributed by atoms with Crippen molar-refractivity contribution >= 4 is 5.82 Å². The van der Waals surface area contributed by atoms with Crippen molar-refractivity contribution in [3.63, 3.8) is 0 Å². The maximum atomic E-state index is 5.58. The Morgan fingerprint density at radius 1 is 1.16 bits per heavy atom. The van der Waals surface area contributed by atoms with Crippen molar-refractivity contribution in [1.82, 2.24) is 9.97 Å². The van der Waals surface area contributed by atoms with Crippen molar-refractivity contribution in [2.75, 3.05) is 5.43 Å². The van der Waals surface area contributed by atoms with Crippen molar-refractivity contribution in [3.05, 3.63) is 41.1 Å². The molecule has 98 valence electrons. The topological polar surface area (TPSA) is 63.8 Å². The van der Waals surface area contributed by atoms with Crippen molar-refractivity contribution in [2.24, 2.45) is 5.84 Å². The molecule has 0 amide bonds. The van der Waals surface area contributed by atoms with E-state index in [1.807, 2.05) is 0 Å². The second-order valence-corrected chi connectivity index (χ2v) is 4.87. The molecule has 0 spiro atoms. The molecule has 1 aromatic heterocycles. The molecule has 0 saturated carbocycles. The van der Waals surface area contributed by atoms with E-state index in [1.165, 1.54) is 11.1 Å². The molecule has 0 saturated heterocycles. The van der Waals surface area contributed by atoms with E-state index in [9.17, 15) is 0 Å². The standard InChI is InChI=1S/C15H18N4/c1-2-10-6-8-11(9-7-10)14-17-13-5-3-4-12(13)15(18-14)19-16/h6-9H,2-5,16H2,1H3,(H,17,18,19). The molecule has 4 heteroatoms. The van der Waals surface area contributed by atoms with Crippen LogP contribution in [0.15, 0.2) is 24.3 Å². The number of hydrogen-bond acceptors (Lipinski definition) is 4. The first-order valence-electron chi connectivity index (χ1n) is 6.77. The number of nitrogens with two attached hydrogens (primary N) is 1. The van der Waals surface area contributed by atoms with Gasteiger partial charge in [0, 0.05) is 16.8 Å². The highest BCUT2D eigenvalue weighted by Gasteiger charge is 2.19. The van der Waals surface area contributed by atoms with Gasteiger partial charge in [-0.15, -0.1) is 0 Å². The predicted octanol–water partition coefficient (Wildman–Crippen LogP) is 2.48. The first-order chi connectivity index (χ1) is 9.31. The average molecular weight is 254 g/mol. The van der Waals surface area contributed by atoms with Crippen LogP contribution in [-0.2, 0) is 19.3 Å². The number of benzene rings is 1. The van der Waals surface area contributed by atoms with E-state index in [0.717, 1.165) is 48.6 Å². The van der Waals surface area contributed by atoms with Gasteiger partial charge in [-0.2, -0.15) is 0 Å². The molecule has 0 fully saturated rings. The highest BCUT2D eigenvalue weighted by Crippen LogP contribution is 2.28. The fourth-order valence-electron chi connectivity index (χ4n) is 2.57. The fraction of sp³-hybridized carbons (Fsp3) is 0.333. The summed E-state index contributed by atoms with van der Waals surface area (Å²) in [7, 11) is 0. The van der Waals surface area contributed by atoms with Crippen LogP contribution in [-0.4, -0.2) is 9.97 Å². The Morgan fingerprint density at radius 2 is 1.95 bits per heavy atom. The fourth-order valence-corrected chi connectivity index (χ4v) is 2.57. The van der Waals surface area contributed by atoms with Gasteiger partial charge < -0.3 is 5.43 Å². The molecule has 1 aliphatic carbocycles. The summed E-state index contributed by atoms with van der Waals surface area (Å²) in [5, 5.41) is 0. The number of hydrogen-bond donors (Lipinski definition) is 2. The van der Waals surface area contributed by atoms with E-state index in [0.29, 0.717) is 0 Å². The van der Waals surface area contributed by atoms with Gasteiger partial charge in [0.2, 0.25) is 0 Å². The minimum Gasteiger partial charge on any atom is -0.308 e. The second-order valence-electron chi connectivity index (χ2n) is 4.87. The Balaban J connectivity index is 2.04. The van der Waals surface area contributed by atoms with Gasteiger partial charge in [0.15, 0.2) is 5.82 Å². The van der Waals surface area contributed by atoms with Crippen LogP contribution in [0.1, 0.15) is 30.2 Å². The molecular weight excluding hydrogens is 236 g/mol. The molecule has 3 rings (SSSR count). The van der Waals surface area contributed by atoms with Crippen LogP contribution in [0.25, 0.3) is 11.4 Å². The second kappa shape index (κ2) is 4.97. The minimum absolute atomic E-state index is 0.760. The number of anilines is 1. The van der Waals surface area contributed by atoms with E-state index in [2.05, 4.69) is 46.6 Å². The van der Waals surface area contributed by atoms with Crippen LogP contribution in [0.2, 0.25) is 0 Å². The Kier molecular flexibility index (Phi) is 3.17. The smallest absolute Gasteiger partial charge is 0.161 e. The van der Waals surface area contributed by atoms with Crippen molar-refractivity contribution in [2.45, 2.75) is 32.6 Å². The van der Waals surface area contributed by atoms with Crippen LogP contribution in [0.4, 0.5) is 5.82 Å². The molecule has 4 nitrogen and oxygen atoms in total. The van der Waals surface area contributed by atoms with E-state index in [1.54, 1.807) is 0 Å². The summed E-state index contributed by atoms with van der Waals surface area (Å²) < 4.78 is 0. The number of rotatable bonds is 3. The summed E-state index contributed by atoms with van der Waals surface area (Å²) >= 11 is 0. The molecule has 1 aromatic carbocycles. The van der Waals surface area contributed by atoms with Gasteiger partial charge in [0.1, 0.15) is 5.82 Å². The van der Waals surface area contributed by atoms with Crippen LogP contribution in [0, 0.1) is 0 Å². The summed E-state index contributed by atoms with van der Waals surface area (Å²) in [6, 6.07) is 8.41. The summed E-state index contributed by atoms with van der Waals surface area (Å²) in [6.45, 7) is 2.15. The SMILES string of the molecule is CCc1ccc(-c2nc3c(c(NN)n2)CCC3)cc1. The summed E-state index contributed by atoms with van der Waals surface area (Å²) in [5.74, 6) is 7.11. The summed E-state index contributed by atoms with van der Waals surface area (Å²) in [6.07, 6.45) is 4.22. The molecule has 19 heavy (non-hydrogen) atoms. The third-order valence-electron chi connectivity index (χ3n) is 3.69. The zero-order valence-corrected chi connectivity index (χ0v) is 11.1. The highest BCUT2D eigenvalue weighted by atomic mass is 15.3. The normalized spacial score (nSPS) is 13.4. The van der Waals surface area contributed by atoms with Gasteiger partial charge in [-0.05, 0) is 31.2 Å². The largest absolute Gasteiger partial charge is 0.308 e. The van der Waals surface area contributed by atoms with Gasteiger partial charge in [-0.3, -0.25) is 0 Å². The molecule has 0 atom stereocenters. The lowest BCUT2D eigenvalue weighted by Crippen LogP contribution is -2.12. The lowest BCUT2D eigenvalue weighted by Gasteiger charge is -2.09. The number of aryl methyl sites for hydroxylation is 2. The maximum Gasteiger partial charge on any atom is 0.161 e. The van der Waals surface area contributed by atoms with E-state index in [-0.39, 0.29) is 0 Å². The van der Waals surface area contributed by atoms with Gasteiger partial charge in [0.25, 0.3) is 0 Å². The predicted molar refractivity (Wildman–Crippen MR) is 76.7 cm³/mol. The lowest BCUT2D eigenvalue weighted by molar-refractivity contribution is 0.900. The Bertz CT molecular complexity index is 590. The van der Waals surface area contributed by atoms with Gasteiger partial charge in [-0.1, -0.05) is 31.2 Å². The Hall–Kier alpha value is -1.94. The van der Waals surface area contributed by atoms with Crippen LogP contribution < -0.4 is 11.3 Å². The summed E-state index contributed by atoms with van der Waals surface area (Å²) in [5.41, 5.74) is 7.39. The van der Waals surface area contributed by atoms with Crippen molar-refractivity contribution in [1.29, 1.82) is 0 Å². The maximum absolute atomic E-state index is 5.58. The zero-order chi connectivity index (χ0) is 13.2. The number of hydrazine groups is 1. The van der Waals surface area contributed by atoms with Crippen LogP contribution in [0.3, 0.4) is 0 Å². The van der Waals surface area contributed by atoms with Crippen molar-refractivity contribution in [3.8, 4) is 11.4 Å². The lowest BCUT2D eigenvalue weighted by atomic mass is 10.1. The number of nitrogen functional groups attached to an aromatic ring is 1. The molecule has 0 bridgehead atoms. The first-order valence-corrected chi connectivity index (χ1v) is 6.77. The zero-order valence-electron chi connectivity index (χ0n) is 11.1. The quantitative estimate of drug-likeness (QED) is 0.652. The van der Waals surface area contributed by atoms with Crippen LogP contribution in [0.5, 0.6) is 0 Å². The molecule has 0 radical (unpaired) electrons. The monoisotopic (exact) mass is 254 g/mol. The molecule has 0 unspecified atom stereocenters. The van der Waals surface area contributed by atoms with E-state index in [4.69, 9.17) is 5.84 Å². The highest BCUT2D eigenvalue weighted by molar-refractivity contribution is 5.60.